The van der Waals surface area contributed by atoms with Gasteiger partial charge >= 0.3 is 0 Å². The zero-order valence-corrected chi connectivity index (χ0v) is 16.4. The van der Waals surface area contributed by atoms with Gasteiger partial charge in [-0.2, -0.15) is 0 Å². The van der Waals surface area contributed by atoms with Crippen molar-refractivity contribution >= 4 is 11.6 Å². The number of likely N-dealkylation sites (tertiary alicyclic amines) is 1. The highest BCUT2D eigenvalue weighted by molar-refractivity contribution is 6.03. The van der Waals surface area contributed by atoms with Gasteiger partial charge in [0.25, 0.3) is 5.91 Å². The minimum absolute atomic E-state index is 0.204. The van der Waals surface area contributed by atoms with E-state index in [1.165, 1.54) is 5.56 Å². The summed E-state index contributed by atoms with van der Waals surface area (Å²) in [7, 11) is 1.57. The van der Waals surface area contributed by atoms with Gasteiger partial charge in [0.05, 0.1) is 18.5 Å². The summed E-state index contributed by atoms with van der Waals surface area (Å²) in [5.74, 6) is 0.711. The van der Waals surface area contributed by atoms with Crippen LogP contribution in [-0.4, -0.2) is 41.1 Å². The minimum Gasteiger partial charge on any atom is -0.495 e. The fraction of sp³-hybridized carbons (Fsp3) is 0.318. The molecule has 0 bridgehead atoms. The summed E-state index contributed by atoms with van der Waals surface area (Å²) in [6, 6.07) is 13.1. The van der Waals surface area contributed by atoms with E-state index >= 15 is 0 Å². The number of para-hydroxylation sites is 2. The molecule has 1 amide bonds. The van der Waals surface area contributed by atoms with Gasteiger partial charge < -0.3 is 14.6 Å². The SMILES string of the molecule is COc1ccccc1NC(=O)c1cc(C2CCCN(Cc3cccnc3)C2)no1. The third-order valence-electron chi connectivity index (χ3n) is 5.16. The second kappa shape index (κ2) is 8.87. The van der Waals surface area contributed by atoms with Crippen molar-refractivity contribution in [3.05, 3.63) is 71.9 Å². The maximum Gasteiger partial charge on any atom is 0.294 e. The standard InChI is InChI=1S/C22H24N4O3/c1-28-20-9-3-2-8-18(20)24-22(27)21-12-19(25-29-21)17-7-5-11-26(15-17)14-16-6-4-10-23-13-16/h2-4,6,8-10,12-13,17H,5,7,11,14-15H2,1H3,(H,24,27). The van der Waals surface area contributed by atoms with Gasteiger partial charge in [-0.3, -0.25) is 14.7 Å². The van der Waals surface area contributed by atoms with Gasteiger partial charge in [0.15, 0.2) is 0 Å². The number of methoxy groups -OCH3 is 1. The third kappa shape index (κ3) is 4.63. The Balaban J connectivity index is 1.41. The van der Waals surface area contributed by atoms with Crippen LogP contribution in [0, 0.1) is 0 Å². The van der Waals surface area contributed by atoms with Gasteiger partial charge in [-0.15, -0.1) is 0 Å². The number of ether oxygens (including phenoxy) is 1. The van der Waals surface area contributed by atoms with Crippen LogP contribution in [0.5, 0.6) is 5.75 Å². The van der Waals surface area contributed by atoms with Crippen LogP contribution < -0.4 is 10.1 Å². The predicted molar refractivity (Wildman–Crippen MR) is 109 cm³/mol. The highest BCUT2D eigenvalue weighted by Gasteiger charge is 2.25. The molecule has 0 radical (unpaired) electrons. The van der Waals surface area contributed by atoms with E-state index in [0.29, 0.717) is 11.4 Å². The highest BCUT2D eigenvalue weighted by Crippen LogP contribution is 2.28. The quantitative estimate of drug-likeness (QED) is 0.689. The Morgan fingerprint density at radius 3 is 3.03 bits per heavy atom. The predicted octanol–water partition coefficient (Wildman–Crippen LogP) is 3.71. The van der Waals surface area contributed by atoms with E-state index in [9.17, 15) is 4.79 Å². The molecule has 1 atom stereocenters. The first kappa shape index (κ1) is 19.1. The molecule has 1 fully saturated rings. The molecule has 1 aromatic carbocycles. The van der Waals surface area contributed by atoms with E-state index in [1.54, 1.807) is 31.5 Å². The van der Waals surface area contributed by atoms with Gasteiger partial charge in [0, 0.05) is 37.5 Å². The third-order valence-corrected chi connectivity index (χ3v) is 5.16. The molecule has 2 aromatic heterocycles. The van der Waals surface area contributed by atoms with E-state index in [1.807, 2.05) is 24.4 Å². The lowest BCUT2D eigenvalue weighted by molar-refractivity contribution is 0.0987. The molecule has 7 nitrogen and oxygen atoms in total. The fourth-order valence-electron chi connectivity index (χ4n) is 3.71. The molecule has 1 aliphatic heterocycles. The fourth-order valence-corrected chi connectivity index (χ4v) is 3.71. The normalized spacial score (nSPS) is 17.1. The monoisotopic (exact) mass is 392 g/mol. The molecule has 29 heavy (non-hydrogen) atoms. The second-order valence-corrected chi connectivity index (χ2v) is 7.21. The Bertz CT molecular complexity index is 957. The Hall–Kier alpha value is -3.19. The summed E-state index contributed by atoms with van der Waals surface area (Å²) in [5, 5.41) is 7.00. The van der Waals surface area contributed by atoms with E-state index in [-0.39, 0.29) is 17.6 Å². The van der Waals surface area contributed by atoms with Crippen molar-refractivity contribution in [3.8, 4) is 5.75 Å². The van der Waals surface area contributed by atoms with Crippen molar-refractivity contribution in [1.29, 1.82) is 0 Å². The molecule has 7 heteroatoms. The molecule has 3 aromatic rings. The number of carbonyl (C=O) groups excluding carboxylic acids is 1. The van der Waals surface area contributed by atoms with Crippen LogP contribution in [0.1, 0.15) is 40.6 Å². The maximum atomic E-state index is 12.6. The second-order valence-electron chi connectivity index (χ2n) is 7.21. The molecule has 0 saturated carbocycles. The zero-order valence-electron chi connectivity index (χ0n) is 16.4. The van der Waals surface area contributed by atoms with E-state index in [4.69, 9.17) is 9.26 Å². The van der Waals surface area contributed by atoms with Crippen molar-refractivity contribution in [2.24, 2.45) is 0 Å². The number of nitrogens with one attached hydrogen (secondary N) is 1. The maximum absolute atomic E-state index is 12.6. The van der Waals surface area contributed by atoms with Gasteiger partial charge in [0.2, 0.25) is 5.76 Å². The Morgan fingerprint density at radius 1 is 1.31 bits per heavy atom. The number of nitrogens with zero attached hydrogens (tertiary/aromatic N) is 3. The Labute approximate surface area is 169 Å². The number of benzene rings is 1. The average molecular weight is 392 g/mol. The highest BCUT2D eigenvalue weighted by atomic mass is 16.5. The van der Waals surface area contributed by atoms with Crippen LogP contribution in [0.2, 0.25) is 0 Å². The van der Waals surface area contributed by atoms with Crippen molar-refractivity contribution < 1.29 is 14.1 Å². The van der Waals surface area contributed by atoms with Crippen LogP contribution in [0.3, 0.4) is 0 Å². The molecule has 4 rings (SSSR count). The number of piperidine rings is 1. The van der Waals surface area contributed by atoms with Crippen LogP contribution in [0.25, 0.3) is 0 Å². The Morgan fingerprint density at radius 2 is 2.21 bits per heavy atom. The van der Waals surface area contributed by atoms with E-state index in [2.05, 4.69) is 26.4 Å². The van der Waals surface area contributed by atoms with Gasteiger partial charge in [-0.05, 0) is 43.1 Å². The van der Waals surface area contributed by atoms with E-state index in [0.717, 1.165) is 38.2 Å². The number of anilines is 1. The number of aromatic nitrogens is 2. The number of rotatable bonds is 6. The summed E-state index contributed by atoms with van der Waals surface area (Å²) in [6.45, 7) is 2.79. The van der Waals surface area contributed by atoms with Crippen LogP contribution >= 0.6 is 0 Å². The topological polar surface area (TPSA) is 80.5 Å². The molecular weight excluding hydrogens is 368 g/mol. The molecule has 150 valence electrons. The van der Waals surface area contributed by atoms with Crippen molar-refractivity contribution in [3.63, 3.8) is 0 Å². The summed E-state index contributed by atoms with van der Waals surface area (Å²) in [6.07, 6.45) is 5.81. The number of hydrogen-bond acceptors (Lipinski definition) is 6. The van der Waals surface area contributed by atoms with Gasteiger partial charge in [0.1, 0.15) is 5.75 Å². The van der Waals surface area contributed by atoms with Crippen LogP contribution in [0.4, 0.5) is 5.69 Å². The first-order chi connectivity index (χ1) is 14.2. The first-order valence-electron chi connectivity index (χ1n) is 9.75. The largest absolute Gasteiger partial charge is 0.495 e. The van der Waals surface area contributed by atoms with Gasteiger partial charge in [-0.25, -0.2) is 0 Å². The number of hydrogen-bond donors (Lipinski definition) is 1. The number of pyridine rings is 1. The summed E-state index contributed by atoms with van der Waals surface area (Å²) in [5.41, 5.74) is 2.62. The molecular formula is C22H24N4O3. The van der Waals surface area contributed by atoms with Gasteiger partial charge in [-0.1, -0.05) is 23.4 Å². The molecule has 1 aliphatic rings. The smallest absolute Gasteiger partial charge is 0.294 e. The van der Waals surface area contributed by atoms with Crippen molar-refractivity contribution in [2.45, 2.75) is 25.3 Å². The lowest BCUT2D eigenvalue weighted by atomic mass is 9.94. The summed E-state index contributed by atoms with van der Waals surface area (Å²) in [4.78, 5) is 19.2. The summed E-state index contributed by atoms with van der Waals surface area (Å²) >= 11 is 0. The van der Waals surface area contributed by atoms with E-state index < -0.39 is 0 Å². The lowest BCUT2D eigenvalue weighted by Gasteiger charge is -2.31. The van der Waals surface area contributed by atoms with Crippen LogP contribution in [-0.2, 0) is 6.54 Å². The van der Waals surface area contributed by atoms with Crippen molar-refractivity contribution in [2.75, 3.05) is 25.5 Å². The molecule has 1 N–H and O–H groups in total. The lowest BCUT2D eigenvalue weighted by Crippen LogP contribution is -2.34. The molecule has 0 spiro atoms. The zero-order chi connectivity index (χ0) is 20.1. The molecule has 3 heterocycles. The molecule has 0 aliphatic carbocycles. The minimum atomic E-state index is -0.337. The number of carbonyl (C=O) groups is 1. The summed E-state index contributed by atoms with van der Waals surface area (Å²) < 4.78 is 10.6. The first-order valence-corrected chi connectivity index (χ1v) is 9.75. The Kier molecular flexibility index (Phi) is 5.86. The molecule has 1 saturated heterocycles. The van der Waals surface area contributed by atoms with Crippen LogP contribution in [0.15, 0.2) is 59.4 Å². The van der Waals surface area contributed by atoms with Crippen molar-refractivity contribution in [1.82, 2.24) is 15.0 Å². The molecule has 1 unspecified atom stereocenters. The number of amides is 1. The average Bonchev–Trinajstić information content (AvgIpc) is 3.26.